The highest BCUT2D eigenvalue weighted by Crippen LogP contribution is 2.09. The van der Waals surface area contributed by atoms with Gasteiger partial charge in [-0.05, 0) is 6.42 Å². The van der Waals surface area contributed by atoms with Crippen LogP contribution in [0.4, 0.5) is 5.82 Å². The zero-order valence-corrected chi connectivity index (χ0v) is 9.90. The van der Waals surface area contributed by atoms with Gasteiger partial charge >= 0.3 is 0 Å². The minimum absolute atomic E-state index is 0.163. The Bertz CT molecular complexity index is 557. The van der Waals surface area contributed by atoms with E-state index in [1.165, 1.54) is 12.4 Å². The van der Waals surface area contributed by atoms with Crippen LogP contribution in [-0.2, 0) is 20.0 Å². The molecular weight excluding hydrogens is 218 g/mol. The van der Waals surface area contributed by atoms with E-state index < -0.39 is 0 Å². The molecular formula is C11H15N5O. The Kier molecular flexibility index (Phi) is 3.22. The summed E-state index contributed by atoms with van der Waals surface area (Å²) in [5.74, 6) is 0.569. The predicted octanol–water partition coefficient (Wildman–Crippen LogP) is 0.678. The van der Waals surface area contributed by atoms with Gasteiger partial charge in [-0.2, -0.15) is 5.10 Å². The molecule has 17 heavy (non-hydrogen) atoms. The molecule has 0 fully saturated rings. The summed E-state index contributed by atoms with van der Waals surface area (Å²) in [6.07, 6.45) is 4.24. The Labute approximate surface area is 98.7 Å². The van der Waals surface area contributed by atoms with Crippen molar-refractivity contribution in [1.82, 2.24) is 19.7 Å². The number of anilines is 1. The fourth-order valence-electron chi connectivity index (χ4n) is 1.68. The van der Waals surface area contributed by atoms with Crippen LogP contribution >= 0.6 is 0 Å². The lowest BCUT2D eigenvalue weighted by Gasteiger charge is -2.03. The van der Waals surface area contributed by atoms with E-state index in [4.69, 9.17) is 0 Å². The Morgan fingerprint density at radius 2 is 2.35 bits per heavy atom. The second-order valence-corrected chi connectivity index (χ2v) is 3.78. The lowest BCUT2D eigenvalue weighted by atomic mass is 10.2. The fraction of sp³-hybridized carbons (Fsp3) is 0.364. The largest absolute Gasteiger partial charge is 0.366 e. The second kappa shape index (κ2) is 4.82. The summed E-state index contributed by atoms with van der Waals surface area (Å²) in [6.45, 7) is 2.69. The molecule has 2 rings (SSSR count). The Morgan fingerprint density at radius 1 is 1.53 bits per heavy atom. The predicted molar refractivity (Wildman–Crippen MR) is 64.8 cm³/mol. The second-order valence-electron chi connectivity index (χ2n) is 3.78. The number of hydrogen-bond donors (Lipinski definition) is 2. The standard InChI is InChI=1S/C11H15N5O/c1-3-9-8(6-16(2)15-9)5-12-10-4-11(17)14-7-13-10/h4,6-7H,3,5H2,1-2H3,(H2,12,13,14,17). The average molecular weight is 233 g/mol. The number of hydrogen-bond acceptors (Lipinski definition) is 4. The van der Waals surface area contributed by atoms with Crippen molar-refractivity contribution in [3.63, 3.8) is 0 Å². The van der Waals surface area contributed by atoms with Gasteiger partial charge in [-0.15, -0.1) is 0 Å². The van der Waals surface area contributed by atoms with E-state index in [-0.39, 0.29) is 5.56 Å². The summed E-state index contributed by atoms with van der Waals surface area (Å²) in [5.41, 5.74) is 2.02. The van der Waals surface area contributed by atoms with Gasteiger partial charge in [-0.25, -0.2) is 4.98 Å². The van der Waals surface area contributed by atoms with E-state index in [2.05, 4.69) is 27.3 Å². The summed E-state index contributed by atoms with van der Waals surface area (Å²) >= 11 is 0. The van der Waals surface area contributed by atoms with Crippen LogP contribution in [0.2, 0.25) is 0 Å². The first-order chi connectivity index (χ1) is 8.19. The van der Waals surface area contributed by atoms with Crippen molar-refractivity contribution in [2.75, 3.05) is 5.32 Å². The lowest BCUT2D eigenvalue weighted by molar-refractivity contribution is 0.746. The Balaban J connectivity index is 2.09. The molecule has 0 aliphatic rings. The lowest BCUT2D eigenvalue weighted by Crippen LogP contribution is -2.09. The average Bonchev–Trinajstić information content (AvgIpc) is 2.67. The van der Waals surface area contributed by atoms with Crippen molar-refractivity contribution in [1.29, 1.82) is 0 Å². The Hall–Kier alpha value is -2.11. The molecule has 0 aliphatic carbocycles. The Morgan fingerprint density at radius 3 is 3.06 bits per heavy atom. The van der Waals surface area contributed by atoms with Crippen LogP contribution in [0.15, 0.2) is 23.4 Å². The van der Waals surface area contributed by atoms with Crippen molar-refractivity contribution in [2.24, 2.45) is 7.05 Å². The minimum Gasteiger partial charge on any atom is -0.366 e. The molecule has 90 valence electrons. The highest BCUT2D eigenvalue weighted by atomic mass is 16.1. The van der Waals surface area contributed by atoms with E-state index in [0.717, 1.165) is 17.7 Å². The summed E-state index contributed by atoms with van der Waals surface area (Å²) in [4.78, 5) is 17.6. The van der Waals surface area contributed by atoms with E-state index in [9.17, 15) is 4.79 Å². The van der Waals surface area contributed by atoms with Gasteiger partial charge in [0.15, 0.2) is 0 Å². The monoisotopic (exact) mass is 233 g/mol. The van der Waals surface area contributed by atoms with Crippen LogP contribution in [0.1, 0.15) is 18.2 Å². The first kappa shape index (κ1) is 11.4. The van der Waals surface area contributed by atoms with Crippen LogP contribution < -0.4 is 10.9 Å². The maximum absolute atomic E-state index is 11.1. The summed E-state index contributed by atoms with van der Waals surface area (Å²) in [5, 5.41) is 7.45. The SMILES string of the molecule is CCc1nn(C)cc1CNc1cc(=O)[nH]cn1. The smallest absolute Gasteiger partial charge is 0.252 e. The fourth-order valence-corrected chi connectivity index (χ4v) is 1.68. The normalized spacial score (nSPS) is 10.5. The quantitative estimate of drug-likeness (QED) is 0.814. The zero-order valence-electron chi connectivity index (χ0n) is 9.90. The third-order valence-electron chi connectivity index (χ3n) is 2.46. The van der Waals surface area contributed by atoms with Gasteiger partial charge in [0.1, 0.15) is 5.82 Å². The maximum Gasteiger partial charge on any atom is 0.252 e. The summed E-state index contributed by atoms with van der Waals surface area (Å²) in [7, 11) is 1.90. The van der Waals surface area contributed by atoms with Gasteiger partial charge in [-0.3, -0.25) is 9.48 Å². The number of nitrogens with zero attached hydrogens (tertiary/aromatic N) is 3. The van der Waals surface area contributed by atoms with Crippen molar-refractivity contribution >= 4 is 5.82 Å². The van der Waals surface area contributed by atoms with Gasteiger partial charge in [0.05, 0.1) is 12.0 Å². The molecule has 0 spiro atoms. The molecule has 2 aromatic heterocycles. The van der Waals surface area contributed by atoms with Crippen LogP contribution in [0.5, 0.6) is 0 Å². The first-order valence-electron chi connectivity index (χ1n) is 5.49. The molecule has 6 nitrogen and oxygen atoms in total. The van der Waals surface area contributed by atoms with Crippen molar-refractivity contribution in [3.8, 4) is 0 Å². The summed E-state index contributed by atoms with van der Waals surface area (Å²) < 4.78 is 1.79. The van der Waals surface area contributed by atoms with Gasteiger partial charge in [-0.1, -0.05) is 6.92 Å². The van der Waals surface area contributed by atoms with E-state index in [1.807, 2.05) is 13.2 Å². The molecule has 0 saturated heterocycles. The molecule has 0 atom stereocenters. The molecule has 0 saturated carbocycles. The molecule has 0 bridgehead atoms. The molecule has 2 heterocycles. The number of aryl methyl sites for hydroxylation is 2. The van der Waals surface area contributed by atoms with Crippen LogP contribution in [0.25, 0.3) is 0 Å². The van der Waals surface area contributed by atoms with Crippen molar-refractivity contribution < 1.29 is 0 Å². The van der Waals surface area contributed by atoms with Gasteiger partial charge in [0.25, 0.3) is 5.56 Å². The third kappa shape index (κ3) is 2.72. The van der Waals surface area contributed by atoms with Crippen LogP contribution in [0, 0.1) is 0 Å². The van der Waals surface area contributed by atoms with Crippen molar-refractivity contribution in [2.45, 2.75) is 19.9 Å². The number of nitrogens with one attached hydrogen (secondary N) is 2. The maximum atomic E-state index is 11.1. The van der Waals surface area contributed by atoms with Crippen LogP contribution in [-0.4, -0.2) is 19.7 Å². The minimum atomic E-state index is -0.163. The third-order valence-corrected chi connectivity index (χ3v) is 2.46. The molecule has 0 aromatic carbocycles. The zero-order chi connectivity index (χ0) is 12.3. The highest BCUT2D eigenvalue weighted by Gasteiger charge is 2.05. The highest BCUT2D eigenvalue weighted by molar-refractivity contribution is 5.33. The molecule has 2 N–H and O–H groups in total. The molecule has 0 radical (unpaired) electrons. The summed E-state index contributed by atoms with van der Waals surface area (Å²) in [6, 6.07) is 1.43. The van der Waals surface area contributed by atoms with Gasteiger partial charge in [0, 0.05) is 31.4 Å². The van der Waals surface area contributed by atoms with Gasteiger partial charge < -0.3 is 10.3 Å². The number of aromatic nitrogens is 4. The topological polar surface area (TPSA) is 75.6 Å². The number of aromatic amines is 1. The van der Waals surface area contributed by atoms with E-state index in [0.29, 0.717) is 12.4 Å². The van der Waals surface area contributed by atoms with Crippen molar-refractivity contribution in [3.05, 3.63) is 40.2 Å². The number of H-pyrrole nitrogens is 1. The molecule has 0 unspecified atom stereocenters. The molecule has 0 amide bonds. The van der Waals surface area contributed by atoms with Gasteiger partial charge in [0.2, 0.25) is 0 Å². The molecule has 6 heteroatoms. The first-order valence-corrected chi connectivity index (χ1v) is 5.49. The molecule has 0 aliphatic heterocycles. The van der Waals surface area contributed by atoms with E-state index in [1.54, 1.807) is 4.68 Å². The van der Waals surface area contributed by atoms with E-state index >= 15 is 0 Å². The van der Waals surface area contributed by atoms with Crippen LogP contribution in [0.3, 0.4) is 0 Å². The molecule has 2 aromatic rings. The number of rotatable bonds is 4.